The summed E-state index contributed by atoms with van der Waals surface area (Å²) in [6.07, 6.45) is 1.84. The van der Waals surface area contributed by atoms with Gasteiger partial charge in [0.1, 0.15) is 0 Å². The maximum atomic E-state index is 12.1. The summed E-state index contributed by atoms with van der Waals surface area (Å²) in [6, 6.07) is 10.3. The summed E-state index contributed by atoms with van der Waals surface area (Å²) in [6.45, 7) is 0.253. The number of nitrogens with one attached hydrogen (secondary N) is 1. The van der Waals surface area contributed by atoms with E-state index in [0.29, 0.717) is 21.4 Å². The van der Waals surface area contributed by atoms with Gasteiger partial charge >= 0.3 is 0 Å². The molecule has 5 nitrogen and oxygen atoms in total. The minimum atomic E-state index is -0.288. The normalized spacial score (nSPS) is 10.8. The van der Waals surface area contributed by atoms with E-state index in [4.69, 9.17) is 23.2 Å². The number of hydrogen-bond donors (Lipinski definition) is 1. The molecule has 2 heterocycles. The topological polar surface area (TPSA) is 59.3 Å². The fourth-order valence-corrected chi connectivity index (χ4v) is 2.43. The zero-order valence-corrected chi connectivity index (χ0v) is 12.3. The third-order valence-electron chi connectivity index (χ3n) is 2.97. The quantitative estimate of drug-likeness (QED) is 0.807. The number of amides is 1. The minimum absolute atomic E-state index is 0.253. The van der Waals surface area contributed by atoms with E-state index in [0.717, 1.165) is 5.65 Å². The first-order valence-electron chi connectivity index (χ1n) is 6.17. The molecule has 1 N–H and O–H groups in total. The van der Waals surface area contributed by atoms with Crippen molar-refractivity contribution < 1.29 is 4.79 Å². The third-order valence-corrected chi connectivity index (χ3v) is 3.51. The number of rotatable bonds is 3. The molecule has 1 amide bonds. The maximum Gasteiger partial charge on any atom is 0.253 e. The van der Waals surface area contributed by atoms with Crippen molar-refractivity contribution in [1.82, 2.24) is 19.9 Å². The van der Waals surface area contributed by atoms with Gasteiger partial charge in [-0.1, -0.05) is 29.3 Å². The molecule has 21 heavy (non-hydrogen) atoms. The smallest absolute Gasteiger partial charge is 0.253 e. The van der Waals surface area contributed by atoms with E-state index in [-0.39, 0.29) is 12.5 Å². The maximum absolute atomic E-state index is 12.1. The summed E-state index contributed by atoms with van der Waals surface area (Å²) in [7, 11) is 0. The van der Waals surface area contributed by atoms with Crippen LogP contribution in [0, 0.1) is 0 Å². The summed E-state index contributed by atoms with van der Waals surface area (Å²) in [5, 5.41) is 11.6. The molecule has 3 aromatic rings. The molecule has 0 unspecified atom stereocenters. The summed E-state index contributed by atoms with van der Waals surface area (Å²) in [4.78, 5) is 12.1. The van der Waals surface area contributed by atoms with Crippen LogP contribution in [0.4, 0.5) is 0 Å². The van der Waals surface area contributed by atoms with Crippen LogP contribution >= 0.6 is 23.2 Å². The molecule has 0 aliphatic heterocycles. The Balaban J connectivity index is 1.77. The van der Waals surface area contributed by atoms with Gasteiger partial charge in [0.2, 0.25) is 0 Å². The molecule has 7 heteroatoms. The SMILES string of the molecule is O=C(NCc1nnc2ccccn12)c1ccc(Cl)cc1Cl. The largest absolute Gasteiger partial charge is 0.345 e. The summed E-state index contributed by atoms with van der Waals surface area (Å²) < 4.78 is 1.81. The van der Waals surface area contributed by atoms with E-state index < -0.39 is 0 Å². The first-order valence-corrected chi connectivity index (χ1v) is 6.92. The lowest BCUT2D eigenvalue weighted by Gasteiger charge is -2.06. The Bertz CT molecular complexity index is 816. The Morgan fingerprint density at radius 3 is 2.86 bits per heavy atom. The molecule has 0 saturated heterocycles. The van der Waals surface area contributed by atoms with Crippen LogP contribution in [-0.2, 0) is 6.54 Å². The van der Waals surface area contributed by atoms with Gasteiger partial charge in [0.05, 0.1) is 17.1 Å². The van der Waals surface area contributed by atoms with Gasteiger partial charge in [-0.15, -0.1) is 10.2 Å². The number of hydrogen-bond acceptors (Lipinski definition) is 3. The fraction of sp³-hybridized carbons (Fsp3) is 0.0714. The van der Waals surface area contributed by atoms with Crippen LogP contribution in [0.15, 0.2) is 42.6 Å². The van der Waals surface area contributed by atoms with Crippen molar-refractivity contribution in [1.29, 1.82) is 0 Å². The molecule has 1 aromatic carbocycles. The lowest BCUT2D eigenvalue weighted by atomic mass is 10.2. The van der Waals surface area contributed by atoms with Gasteiger partial charge in [-0.2, -0.15) is 0 Å². The van der Waals surface area contributed by atoms with E-state index in [1.165, 1.54) is 6.07 Å². The van der Waals surface area contributed by atoms with Gasteiger partial charge in [0.25, 0.3) is 5.91 Å². The number of benzene rings is 1. The number of carbonyl (C=O) groups excluding carboxylic acids is 1. The molecular formula is C14H10Cl2N4O. The van der Waals surface area contributed by atoms with Crippen LogP contribution in [0.1, 0.15) is 16.2 Å². The number of nitrogens with zero attached hydrogens (tertiary/aromatic N) is 3. The average Bonchev–Trinajstić information content (AvgIpc) is 2.88. The van der Waals surface area contributed by atoms with E-state index in [1.807, 2.05) is 28.8 Å². The Labute approximate surface area is 130 Å². The summed E-state index contributed by atoms with van der Waals surface area (Å²) >= 11 is 11.8. The van der Waals surface area contributed by atoms with Crippen LogP contribution in [0.5, 0.6) is 0 Å². The highest BCUT2D eigenvalue weighted by molar-refractivity contribution is 6.36. The van der Waals surface area contributed by atoms with Crippen molar-refractivity contribution in [3.8, 4) is 0 Å². The Kier molecular flexibility index (Phi) is 3.77. The van der Waals surface area contributed by atoms with Crippen molar-refractivity contribution in [3.63, 3.8) is 0 Å². The molecule has 106 valence electrons. The monoisotopic (exact) mass is 320 g/mol. The van der Waals surface area contributed by atoms with Crippen molar-refractivity contribution in [2.75, 3.05) is 0 Å². The van der Waals surface area contributed by atoms with E-state index in [1.54, 1.807) is 12.1 Å². The second kappa shape index (κ2) is 5.71. The predicted octanol–water partition coefficient (Wildman–Crippen LogP) is 2.97. The average molecular weight is 321 g/mol. The molecule has 3 rings (SSSR count). The van der Waals surface area contributed by atoms with Crippen LogP contribution in [-0.4, -0.2) is 20.5 Å². The molecule has 2 aromatic heterocycles. The van der Waals surface area contributed by atoms with E-state index in [2.05, 4.69) is 15.5 Å². The van der Waals surface area contributed by atoms with Crippen molar-refractivity contribution in [2.45, 2.75) is 6.54 Å². The standard InChI is InChI=1S/C14H10Cl2N4O/c15-9-4-5-10(11(16)7-9)14(21)17-8-13-19-18-12-3-1-2-6-20(12)13/h1-7H,8H2,(H,17,21). The molecule has 0 bridgehead atoms. The highest BCUT2D eigenvalue weighted by atomic mass is 35.5. The van der Waals surface area contributed by atoms with Gasteiger partial charge in [0, 0.05) is 11.2 Å². The van der Waals surface area contributed by atoms with Crippen molar-refractivity contribution in [3.05, 3.63) is 64.0 Å². The summed E-state index contributed by atoms with van der Waals surface area (Å²) in [5.41, 5.74) is 1.10. The lowest BCUT2D eigenvalue weighted by Crippen LogP contribution is -2.24. The highest BCUT2D eigenvalue weighted by Gasteiger charge is 2.12. The summed E-state index contributed by atoms with van der Waals surface area (Å²) in [5.74, 6) is 0.355. The highest BCUT2D eigenvalue weighted by Crippen LogP contribution is 2.20. The number of carbonyl (C=O) groups is 1. The van der Waals surface area contributed by atoms with E-state index >= 15 is 0 Å². The van der Waals surface area contributed by atoms with Gasteiger partial charge < -0.3 is 5.32 Å². The Morgan fingerprint density at radius 2 is 2.05 bits per heavy atom. The van der Waals surface area contributed by atoms with Gasteiger partial charge in [-0.25, -0.2) is 0 Å². The molecule has 0 aliphatic carbocycles. The molecular weight excluding hydrogens is 311 g/mol. The molecule has 0 saturated carbocycles. The zero-order valence-electron chi connectivity index (χ0n) is 10.8. The molecule has 0 fully saturated rings. The fourth-order valence-electron chi connectivity index (χ4n) is 1.94. The predicted molar refractivity (Wildman–Crippen MR) is 80.6 cm³/mol. The van der Waals surface area contributed by atoms with Crippen LogP contribution in [0.3, 0.4) is 0 Å². The van der Waals surface area contributed by atoms with Gasteiger partial charge in [0.15, 0.2) is 11.5 Å². The Morgan fingerprint density at radius 1 is 1.19 bits per heavy atom. The molecule has 0 atom stereocenters. The third kappa shape index (κ3) is 2.84. The number of fused-ring (bicyclic) bond motifs is 1. The zero-order chi connectivity index (χ0) is 14.8. The number of pyridine rings is 1. The van der Waals surface area contributed by atoms with E-state index in [9.17, 15) is 4.79 Å². The first kappa shape index (κ1) is 13.9. The first-order chi connectivity index (χ1) is 10.1. The Hall–Kier alpha value is -2.11. The van der Waals surface area contributed by atoms with Crippen LogP contribution in [0.2, 0.25) is 10.0 Å². The number of halogens is 2. The van der Waals surface area contributed by atoms with Crippen molar-refractivity contribution in [2.24, 2.45) is 0 Å². The minimum Gasteiger partial charge on any atom is -0.345 e. The molecule has 0 aliphatic rings. The molecule has 0 radical (unpaired) electrons. The van der Waals surface area contributed by atoms with Gasteiger partial charge in [-0.3, -0.25) is 9.20 Å². The van der Waals surface area contributed by atoms with Crippen LogP contribution in [0.25, 0.3) is 5.65 Å². The van der Waals surface area contributed by atoms with Crippen molar-refractivity contribution >= 4 is 34.8 Å². The van der Waals surface area contributed by atoms with Crippen LogP contribution < -0.4 is 5.32 Å². The second-order valence-corrected chi connectivity index (χ2v) is 5.20. The number of aromatic nitrogens is 3. The van der Waals surface area contributed by atoms with Gasteiger partial charge in [-0.05, 0) is 30.3 Å². The molecule has 0 spiro atoms. The second-order valence-electron chi connectivity index (χ2n) is 4.35. The lowest BCUT2D eigenvalue weighted by molar-refractivity contribution is 0.0950.